The van der Waals surface area contributed by atoms with Crippen LogP contribution < -0.4 is 5.73 Å². The van der Waals surface area contributed by atoms with Gasteiger partial charge in [-0.25, -0.2) is 4.18 Å². The summed E-state index contributed by atoms with van der Waals surface area (Å²) in [6.07, 6.45) is 0. The molecule has 64 valence electrons. The summed E-state index contributed by atoms with van der Waals surface area (Å²) in [6.45, 7) is 0.716. The fourth-order valence-corrected chi connectivity index (χ4v) is 1.35. The Hall–Kier alpha value is 0.830. The second-order valence-electron chi connectivity index (χ2n) is 1.95. The van der Waals surface area contributed by atoms with Crippen LogP contribution in [0.1, 0.15) is 6.92 Å². The van der Waals surface area contributed by atoms with Gasteiger partial charge in [-0.15, -0.1) is 0 Å². The van der Waals surface area contributed by atoms with Gasteiger partial charge in [0.1, 0.15) is 0 Å². The molecule has 0 aliphatic rings. The van der Waals surface area contributed by atoms with E-state index in [1.54, 1.807) is 0 Å². The number of hydrogen-bond acceptors (Lipinski definition) is 5. The Kier molecular flexibility index (Phi) is 8.30. The van der Waals surface area contributed by atoms with Crippen molar-refractivity contribution in [2.45, 2.75) is 13.0 Å². The maximum absolute atomic E-state index is 10.6. The molecular weight excluding hydrogens is 181 g/mol. The summed E-state index contributed by atoms with van der Waals surface area (Å²) in [5.74, 6) is -0.270. The quantitative estimate of drug-likeness (QED) is 0.305. The van der Waals surface area contributed by atoms with E-state index >= 15 is 0 Å². The Morgan fingerprint density at radius 1 is 1.64 bits per heavy atom. The first-order valence-corrected chi connectivity index (χ1v) is 4.29. The van der Waals surface area contributed by atoms with Crippen molar-refractivity contribution >= 4 is 39.7 Å². The van der Waals surface area contributed by atoms with Crippen LogP contribution in [0.3, 0.4) is 0 Å². The Morgan fingerprint density at radius 2 is 2.09 bits per heavy atom. The van der Waals surface area contributed by atoms with Crippen LogP contribution in [0.25, 0.3) is 0 Å². The zero-order valence-electron chi connectivity index (χ0n) is 5.65. The predicted molar refractivity (Wildman–Crippen MR) is 42.8 cm³/mol. The molecule has 7 heteroatoms. The van der Waals surface area contributed by atoms with Gasteiger partial charge in [-0.1, -0.05) is 0 Å². The third-order valence-electron chi connectivity index (χ3n) is 0.699. The van der Waals surface area contributed by atoms with E-state index in [2.05, 4.69) is 4.18 Å². The van der Waals surface area contributed by atoms with Gasteiger partial charge >= 0.3 is 29.6 Å². The van der Waals surface area contributed by atoms with Crippen LogP contribution in [0, 0.1) is 0 Å². The summed E-state index contributed by atoms with van der Waals surface area (Å²) in [5.41, 5.74) is 5.17. The summed E-state index contributed by atoms with van der Waals surface area (Å²) in [6, 6.07) is -0.475. The first-order valence-electron chi connectivity index (χ1n) is 2.71. The average molecular weight is 193 g/mol. The van der Waals surface area contributed by atoms with Crippen LogP contribution in [0.5, 0.6) is 0 Å². The topological polar surface area (TPSA) is 89.6 Å². The fraction of sp³-hybridized carbons (Fsp3) is 1.00. The summed E-state index contributed by atoms with van der Waals surface area (Å²) >= 11 is 0. The normalized spacial score (nSPS) is 13.7. The van der Waals surface area contributed by atoms with Gasteiger partial charge < -0.3 is 10.8 Å². The van der Waals surface area contributed by atoms with Crippen molar-refractivity contribution in [2.24, 2.45) is 5.73 Å². The van der Waals surface area contributed by atoms with Crippen LogP contribution in [0.2, 0.25) is 0 Å². The molecule has 0 radical (unpaired) electrons. The minimum absolute atomic E-state index is 0. The van der Waals surface area contributed by atoms with Crippen molar-refractivity contribution in [1.82, 2.24) is 0 Å². The van der Waals surface area contributed by atoms with Crippen molar-refractivity contribution in [2.75, 3.05) is 12.5 Å². The van der Waals surface area contributed by atoms with Gasteiger partial charge in [0.2, 0.25) is 0 Å². The van der Waals surface area contributed by atoms with Crippen molar-refractivity contribution in [3.05, 3.63) is 0 Å². The van der Waals surface area contributed by atoms with Gasteiger partial charge in [-0.05, 0) is 6.92 Å². The second-order valence-corrected chi connectivity index (χ2v) is 3.63. The molecule has 0 amide bonds. The standard InChI is InChI=1S/C4H11NO4S.Na.H/c1-4(5)2-10(7,8)9-3-6;;/h4,6H,2-3,5H2,1H3;;. The number of rotatable bonds is 4. The fourth-order valence-electron chi connectivity index (χ4n) is 0.450. The zero-order valence-corrected chi connectivity index (χ0v) is 6.47. The van der Waals surface area contributed by atoms with E-state index in [1.165, 1.54) is 6.92 Å². The summed E-state index contributed by atoms with van der Waals surface area (Å²) < 4.78 is 25.1. The first-order chi connectivity index (χ1) is 4.48. The van der Waals surface area contributed by atoms with E-state index in [0.717, 1.165) is 0 Å². The summed E-state index contributed by atoms with van der Waals surface area (Å²) in [5, 5.41) is 8.07. The van der Waals surface area contributed by atoms with Gasteiger partial charge in [0.25, 0.3) is 10.1 Å². The van der Waals surface area contributed by atoms with Crippen LogP contribution in [0.4, 0.5) is 0 Å². The molecule has 11 heavy (non-hydrogen) atoms. The molecule has 0 aromatic carbocycles. The molecule has 0 saturated carbocycles. The maximum atomic E-state index is 10.6. The molecule has 0 aliphatic heterocycles. The second kappa shape index (κ2) is 6.36. The molecule has 5 nitrogen and oxygen atoms in total. The molecule has 0 saturated heterocycles. The summed E-state index contributed by atoms with van der Waals surface area (Å²) in [4.78, 5) is 0. The van der Waals surface area contributed by atoms with Crippen LogP contribution >= 0.6 is 0 Å². The van der Waals surface area contributed by atoms with Crippen molar-refractivity contribution in [3.8, 4) is 0 Å². The Labute approximate surface area is 88.3 Å². The molecule has 1 unspecified atom stereocenters. The van der Waals surface area contributed by atoms with Crippen LogP contribution in [0.15, 0.2) is 0 Å². The molecule has 0 spiro atoms. The minimum atomic E-state index is -3.61. The summed E-state index contributed by atoms with van der Waals surface area (Å²) in [7, 11) is -3.61. The van der Waals surface area contributed by atoms with Gasteiger partial charge in [-0.2, -0.15) is 8.42 Å². The Balaban J connectivity index is 0. The molecular formula is C4H12NNaO4S. The van der Waals surface area contributed by atoms with Crippen LogP contribution in [-0.2, 0) is 14.3 Å². The molecule has 1 atom stereocenters. The molecule has 3 N–H and O–H groups in total. The first kappa shape index (κ1) is 14.4. The number of nitrogens with two attached hydrogens (primary N) is 1. The van der Waals surface area contributed by atoms with Crippen LogP contribution in [-0.4, -0.2) is 61.7 Å². The molecule has 0 aromatic rings. The van der Waals surface area contributed by atoms with Gasteiger partial charge in [0.05, 0.1) is 5.75 Å². The zero-order chi connectivity index (χ0) is 8.20. The SMILES string of the molecule is CC(N)CS(=O)(=O)OCO.[NaH]. The number of hydrogen-bond donors (Lipinski definition) is 2. The average Bonchev–Trinajstić information content (AvgIpc) is 1.59. The van der Waals surface area contributed by atoms with E-state index in [0.29, 0.717) is 0 Å². The molecule has 0 heterocycles. The molecule has 0 bridgehead atoms. The Bertz CT molecular complexity index is 179. The third-order valence-corrected chi connectivity index (χ3v) is 2.10. The molecule has 0 fully saturated rings. The van der Waals surface area contributed by atoms with Crippen molar-refractivity contribution < 1.29 is 17.7 Å². The third kappa shape index (κ3) is 8.74. The van der Waals surface area contributed by atoms with E-state index < -0.39 is 23.0 Å². The van der Waals surface area contributed by atoms with Gasteiger partial charge in [0.15, 0.2) is 6.79 Å². The Morgan fingerprint density at radius 3 is 2.36 bits per heavy atom. The number of aliphatic hydroxyl groups is 1. The monoisotopic (exact) mass is 193 g/mol. The van der Waals surface area contributed by atoms with Gasteiger partial charge in [0, 0.05) is 6.04 Å². The van der Waals surface area contributed by atoms with Gasteiger partial charge in [-0.3, -0.25) is 0 Å². The number of aliphatic hydroxyl groups excluding tert-OH is 1. The van der Waals surface area contributed by atoms with E-state index in [1.807, 2.05) is 0 Å². The van der Waals surface area contributed by atoms with Crippen molar-refractivity contribution in [1.29, 1.82) is 0 Å². The molecule has 0 rings (SSSR count). The van der Waals surface area contributed by atoms with Crippen molar-refractivity contribution in [3.63, 3.8) is 0 Å². The van der Waals surface area contributed by atoms with E-state index in [-0.39, 0.29) is 35.3 Å². The molecule has 0 aromatic heterocycles. The van der Waals surface area contributed by atoms with E-state index in [4.69, 9.17) is 10.8 Å². The molecule has 0 aliphatic carbocycles. The van der Waals surface area contributed by atoms with E-state index in [9.17, 15) is 8.42 Å². The predicted octanol–water partition coefficient (Wildman–Crippen LogP) is -2.02.